The lowest BCUT2D eigenvalue weighted by Gasteiger charge is -2.52. The first kappa shape index (κ1) is 20.4. The predicted molar refractivity (Wildman–Crippen MR) is 102 cm³/mol. The zero-order valence-electron chi connectivity index (χ0n) is 16.3. The highest BCUT2D eigenvalue weighted by Crippen LogP contribution is 2.46. The molecule has 3 rings (SSSR count). The molecule has 1 heterocycles. The third-order valence-electron chi connectivity index (χ3n) is 5.69. The number of ether oxygens (including phenoxy) is 2. The van der Waals surface area contributed by atoms with E-state index < -0.39 is 30.3 Å². The number of carboxylic acids is 1. The molecule has 2 aliphatic rings. The molecule has 28 heavy (non-hydrogen) atoms. The number of fused-ring (bicyclic) bond motifs is 1. The van der Waals surface area contributed by atoms with Crippen LogP contribution in [0.5, 0.6) is 5.75 Å². The fourth-order valence-corrected chi connectivity index (χ4v) is 4.28. The van der Waals surface area contributed by atoms with Crippen LogP contribution in [0.4, 0.5) is 0 Å². The molecule has 1 aliphatic carbocycles. The van der Waals surface area contributed by atoms with Crippen LogP contribution < -0.4 is 10.1 Å². The van der Waals surface area contributed by atoms with E-state index >= 15 is 0 Å². The van der Waals surface area contributed by atoms with Gasteiger partial charge in [0, 0.05) is 24.8 Å². The molecule has 0 bridgehead atoms. The van der Waals surface area contributed by atoms with E-state index in [9.17, 15) is 14.7 Å². The van der Waals surface area contributed by atoms with Crippen molar-refractivity contribution in [3.05, 3.63) is 41.5 Å². The highest BCUT2D eigenvalue weighted by atomic mass is 16.5. The summed E-state index contributed by atoms with van der Waals surface area (Å²) in [5.41, 5.74) is 1.25. The summed E-state index contributed by atoms with van der Waals surface area (Å²) in [6, 6.07) is 7.06. The van der Waals surface area contributed by atoms with E-state index in [1.807, 2.05) is 32.1 Å². The van der Waals surface area contributed by atoms with E-state index in [2.05, 4.69) is 5.32 Å². The van der Waals surface area contributed by atoms with E-state index in [0.29, 0.717) is 12.2 Å². The summed E-state index contributed by atoms with van der Waals surface area (Å²) < 4.78 is 11.5. The Hall–Kier alpha value is -2.38. The summed E-state index contributed by atoms with van der Waals surface area (Å²) in [7, 11) is 0. The van der Waals surface area contributed by atoms with Crippen LogP contribution in [0.2, 0.25) is 0 Å². The van der Waals surface area contributed by atoms with Crippen LogP contribution in [0.3, 0.4) is 0 Å². The maximum Gasteiger partial charge on any atom is 0.341 e. The third kappa shape index (κ3) is 4.20. The molecule has 1 aliphatic heterocycles. The van der Waals surface area contributed by atoms with Gasteiger partial charge in [0.2, 0.25) is 5.91 Å². The number of aliphatic hydroxyl groups excluding tert-OH is 1. The Kier molecular flexibility index (Phi) is 5.76. The minimum Gasteiger partial charge on any atom is -0.482 e. The number of nitrogens with one attached hydrogen (secondary N) is 1. The van der Waals surface area contributed by atoms with Crippen molar-refractivity contribution in [2.45, 2.75) is 57.5 Å². The summed E-state index contributed by atoms with van der Waals surface area (Å²) in [5.74, 6) is -0.711. The number of rotatable bonds is 5. The van der Waals surface area contributed by atoms with E-state index in [4.69, 9.17) is 14.6 Å². The number of aliphatic hydroxyl groups is 1. The van der Waals surface area contributed by atoms with Gasteiger partial charge < -0.3 is 25.0 Å². The van der Waals surface area contributed by atoms with E-state index in [1.54, 1.807) is 12.1 Å². The van der Waals surface area contributed by atoms with Gasteiger partial charge in [-0.1, -0.05) is 18.2 Å². The molecule has 1 fully saturated rings. The molecular formula is C21H27NO6. The van der Waals surface area contributed by atoms with Gasteiger partial charge in [-0.15, -0.1) is 0 Å². The van der Waals surface area contributed by atoms with Crippen LogP contribution in [0.25, 0.3) is 0 Å². The summed E-state index contributed by atoms with van der Waals surface area (Å²) in [5, 5.41) is 22.5. The minimum atomic E-state index is -1.04. The second-order valence-corrected chi connectivity index (χ2v) is 7.88. The largest absolute Gasteiger partial charge is 0.482 e. The van der Waals surface area contributed by atoms with E-state index in [0.717, 1.165) is 17.6 Å². The molecule has 1 aromatic carbocycles. The Morgan fingerprint density at radius 2 is 2.00 bits per heavy atom. The molecule has 1 aromatic rings. The SMILES string of the molecule is CC(=O)N[C@@]1(C)C[C@@H](c2ccc(OCC(=O)O)cc2)O[C@H]2[C@H](O)C(C)=CC[C@H]21. The van der Waals surface area contributed by atoms with Crippen molar-refractivity contribution in [3.8, 4) is 5.75 Å². The first-order valence-corrected chi connectivity index (χ1v) is 9.43. The molecule has 7 heteroatoms. The summed E-state index contributed by atoms with van der Waals surface area (Å²) in [6.45, 7) is 4.99. The van der Waals surface area contributed by atoms with Crippen molar-refractivity contribution >= 4 is 11.9 Å². The number of aliphatic carboxylic acids is 1. The monoisotopic (exact) mass is 389 g/mol. The van der Waals surface area contributed by atoms with Crippen LogP contribution >= 0.6 is 0 Å². The number of carbonyl (C=O) groups excluding carboxylic acids is 1. The molecule has 0 radical (unpaired) electrons. The number of hydrogen-bond donors (Lipinski definition) is 3. The topological polar surface area (TPSA) is 105 Å². The van der Waals surface area contributed by atoms with Crippen molar-refractivity contribution in [3.63, 3.8) is 0 Å². The molecule has 0 spiro atoms. The van der Waals surface area contributed by atoms with Gasteiger partial charge >= 0.3 is 5.97 Å². The molecule has 3 N–H and O–H groups in total. The fraction of sp³-hybridized carbons (Fsp3) is 0.524. The Bertz CT molecular complexity index is 774. The van der Waals surface area contributed by atoms with Crippen molar-refractivity contribution in [1.82, 2.24) is 5.32 Å². The Morgan fingerprint density at radius 1 is 1.32 bits per heavy atom. The highest BCUT2D eigenvalue weighted by molar-refractivity contribution is 5.74. The minimum absolute atomic E-state index is 0.0236. The van der Waals surface area contributed by atoms with Crippen molar-refractivity contribution in [2.75, 3.05) is 6.61 Å². The average Bonchev–Trinajstić information content (AvgIpc) is 2.62. The molecule has 0 aromatic heterocycles. The number of hydrogen-bond acceptors (Lipinski definition) is 5. The first-order valence-electron chi connectivity index (χ1n) is 9.43. The molecule has 1 saturated heterocycles. The molecule has 7 nitrogen and oxygen atoms in total. The molecule has 0 unspecified atom stereocenters. The quantitative estimate of drug-likeness (QED) is 0.667. The molecule has 1 amide bonds. The van der Waals surface area contributed by atoms with E-state index in [1.165, 1.54) is 6.92 Å². The smallest absolute Gasteiger partial charge is 0.341 e. The number of carbonyl (C=O) groups is 2. The molecular weight excluding hydrogens is 362 g/mol. The summed E-state index contributed by atoms with van der Waals surface area (Å²) in [4.78, 5) is 22.5. The lowest BCUT2D eigenvalue weighted by molar-refractivity contribution is -0.165. The van der Waals surface area contributed by atoms with Crippen LogP contribution in [0, 0.1) is 5.92 Å². The standard InChI is InChI=1S/C21H27NO6/c1-12-4-9-16-20(19(12)26)28-17(10-21(16,3)22-13(2)23)14-5-7-15(8-6-14)27-11-18(24)25/h4-8,16-17,19-20,26H,9-11H2,1-3H3,(H,22,23)(H,24,25)/t16-,17+,19-,20-,21+/m1/s1. The van der Waals surface area contributed by atoms with Gasteiger partial charge in [-0.3, -0.25) is 4.79 Å². The maximum absolute atomic E-state index is 11.9. The van der Waals surface area contributed by atoms with Crippen molar-refractivity contribution in [1.29, 1.82) is 0 Å². The molecule has 0 saturated carbocycles. The summed E-state index contributed by atoms with van der Waals surface area (Å²) >= 11 is 0. The maximum atomic E-state index is 11.9. The second kappa shape index (κ2) is 7.93. The molecule has 5 atom stereocenters. The number of benzene rings is 1. The lowest BCUT2D eigenvalue weighted by atomic mass is 9.68. The fourth-order valence-electron chi connectivity index (χ4n) is 4.28. The molecule has 152 valence electrons. The van der Waals surface area contributed by atoms with Crippen molar-refractivity contribution < 1.29 is 29.3 Å². The third-order valence-corrected chi connectivity index (χ3v) is 5.69. The predicted octanol–water partition coefficient (Wildman–Crippen LogP) is 2.20. The van der Waals surface area contributed by atoms with Gasteiger partial charge in [0.25, 0.3) is 0 Å². The average molecular weight is 389 g/mol. The van der Waals surface area contributed by atoms with Gasteiger partial charge in [0.15, 0.2) is 6.61 Å². The van der Waals surface area contributed by atoms with Gasteiger partial charge in [0.05, 0.1) is 12.2 Å². The van der Waals surface area contributed by atoms with Gasteiger partial charge in [-0.05, 0) is 43.5 Å². The number of amides is 1. The lowest BCUT2D eigenvalue weighted by Crippen LogP contribution is -2.62. The highest BCUT2D eigenvalue weighted by Gasteiger charge is 2.50. The van der Waals surface area contributed by atoms with Gasteiger partial charge in [-0.2, -0.15) is 0 Å². The van der Waals surface area contributed by atoms with Crippen LogP contribution in [0.15, 0.2) is 35.9 Å². The van der Waals surface area contributed by atoms with Crippen LogP contribution in [-0.4, -0.2) is 46.4 Å². The number of allylic oxidation sites excluding steroid dienone is 1. The van der Waals surface area contributed by atoms with Crippen LogP contribution in [-0.2, 0) is 14.3 Å². The van der Waals surface area contributed by atoms with Crippen LogP contribution in [0.1, 0.15) is 45.3 Å². The zero-order chi connectivity index (χ0) is 20.5. The summed E-state index contributed by atoms with van der Waals surface area (Å²) in [6.07, 6.45) is 1.88. The van der Waals surface area contributed by atoms with Gasteiger partial charge in [-0.25, -0.2) is 4.79 Å². The van der Waals surface area contributed by atoms with Gasteiger partial charge in [0.1, 0.15) is 11.9 Å². The Labute approximate surface area is 164 Å². The Balaban J connectivity index is 1.84. The zero-order valence-corrected chi connectivity index (χ0v) is 16.3. The first-order chi connectivity index (χ1) is 13.2. The normalized spacial score (nSPS) is 32.1. The van der Waals surface area contributed by atoms with Crippen molar-refractivity contribution in [2.24, 2.45) is 5.92 Å². The van der Waals surface area contributed by atoms with E-state index in [-0.39, 0.29) is 17.9 Å². The second-order valence-electron chi connectivity index (χ2n) is 7.88. The number of carboxylic acid groups (broad SMARTS) is 1. The Morgan fingerprint density at radius 3 is 2.61 bits per heavy atom.